The first-order chi connectivity index (χ1) is 14.2. The third-order valence-electron chi connectivity index (χ3n) is 4.86. The summed E-state index contributed by atoms with van der Waals surface area (Å²) in [6.07, 6.45) is 13.1. The molecule has 4 rings (SSSR count). The van der Waals surface area contributed by atoms with E-state index in [0.717, 1.165) is 27.7 Å². The maximum Gasteiger partial charge on any atom is 0.408 e. The van der Waals surface area contributed by atoms with Crippen molar-refractivity contribution in [2.45, 2.75) is 45.3 Å². The predicted molar refractivity (Wildman–Crippen MR) is 116 cm³/mol. The highest BCUT2D eigenvalue weighted by atomic mass is 16.6. The van der Waals surface area contributed by atoms with Gasteiger partial charge in [0.2, 0.25) is 0 Å². The van der Waals surface area contributed by atoms with E-state index in [1.54, 1.807) is 12.4 Å². The van der Waals surface area contributed by atoms with E-state index in [-0.39, 0.29) is 0 Å². The van der Waals surface area contributed by atoms with Crippen molar-refractivity contribution in [2.24, 2.45) is 0 Å². The smallest absolute Gasteiger partial charge is 0.408 e. The number of amides is 1. The number of rotatable bonds is 3. The second-order valence-corrected chi connectivity index (χ2v) is 8.66. The van der Waals surface area contributed by atoms with Gasteiger partial charge in [0.25, 0.3) is 0 Å². The lowest BCUT2D eigenvalue weighted by atomic mass is 9.84. The molecule has 0 radical (unpaired) electrons. The van der Waals surface area contributed by atoms with Crippen LogP contribution in [0.5, 0.6) is 0 Å². The van der Waals surface area contributed by atoms with Gasteiger partial charge in [-0.05, 0) is 51.3 Å². The molecule has 0 unspecified atom stereocenters. The van der Waals surface area contributed by atoms with Gasteiger partial charge in [0.1, 0.15) is 17.6 Å². The fourth-order valence-electron chi connectivity index (χ4n) is 3.64. The largest absolute Gasteiger partial charge is 0.444 e. The number of allylic oxidation sites excluding steroid dienone is 2. The van der Waals surface area contributed by atoms with E-state index in [1.165, 1.54) is 6.33 Å². The lowest BCUT2D eigenvalue weighted by molar-refractivity contribution is 0.0486. The first kappa shape index (κ1) is 19.8. The Balaban J connectivity index is 1.63. The standard InChI is InChI=1S/C23H25N5O2/c1-22(2,3)30-21(29)27-23(4)10-6-7-16(11-23)18-8-5-9-20-19(18)14-26-28(20)17-12-24-15-25-13-17/h5-10,12-15H,11H2,1-4H3,(H,27,29)/t23-/m1/s1. The molecule has 0 saturated heterocycles. The van der Waals surface area contributed by atoms with Crippen LogP contribution in [-0.4, -0.2) is 37.0 Å². The lowest BCUT2D eigenvalue weighted by Crippen LogP contribution is -2.47. The van der Waals surface area contributed by atoms with Crippen molar-refractivity contribution >= 4 is 22.6 Å². The van der Waals surface area contributed by atoms with E-state index in [9.17, 15) is 4.79 Å². The molecule has 0 bridgehead atoms. The van der Waals surface area contributed by atoms with E-state index in [4.69, 9.17) is 4.74 Å². The van der Waals surface area contributed by atoms with Gasteiger partial charge >= 0.3 is 6.09 Å². The van der Waals surface area contributed by atoms with Crippen LogP contribution in [0.15, 0.2) is 61.3 Å². The van der Waals surface area contributed by atoms with Gasteiger partial charge < -0.3 is 10.1 Å². The number of nitrogens with zero attached hydrogens (tertiary/aromatic N) is 4. The molecule has 0 spiro atoms. The molecule has 30 heavy (non-hydrogen) atoms. The van der Waals surface area contributed by atoms with Gasteiger partial charge in [-0.2, -0.15) is 5.10 Å². The van der Waals surface area contributed by atoms with E-state index in [1.807, 2.05) is 62.9 Å². The third-order valence-corrected chi connectivity index (χ3v) is 4.86. The van der Waals surface area contributed by atoms with E-state index < -0.39 is 17.2 Å². The Labute approximate surface area is 175 Å². The van der Waals surface area contributed by atoms with Gasteiger partial charge in [-0.3, -0.25) is 0 Å². The van der Waals surface area contributed by atoms with E-state index in [2.05, 4.69) is 32.5 Å². The zero-order valence-electron chi connectivity index (χ0n) is 17.6. The molecule has 7 nitrogen and oxygen atoms in total. The Morgan fingerprint density at radius 2 is 1.97 bits per heavy atom. The van der Waals surface area contributed by atoms with Crippen LogP contribution in [0.1, 0.15) is 39.7 Å². The zero-order chi connectivity index (χ0) is 21.4. The number of fused-ring (bicyclic) bond motifs is 1. The molecule has 1 amide bonds. The Kier molecular flexibility index (Phi) is 4.89. The summed E-state index contributed by atoms with van der Waals surface area (Å²) in [5.74, 6) is 0. The zero-order valence-corrected chi connectivity index (χ0v) is 17.6. The summed E-state index contributed by atoms with van der Waals surface area (Å²) in [6.45, 7) is 7.55. The number of nitrogens with one attached hydrogen (secondary N) is 1. The molecule has 1 atom stereocenters. The summed E-state index contributed by atoms with van der Waals surface area (Å²) in [5.41, 5.74) is 2.89. The molecule has 1 aromatic carbocycles. The predicted octanol–water partition coefficient (Wildman–Crippen LogP) is 4.44. The number of aromatic nitrogens is 4. The minimum atomic E-state index is -0.544. The number of hydrogen-bond acceptors (Lipinski definition) is 5. The quantitative estimate of drug-likeness (QED) is 0.699. The molecule has 0 aliphatic heterocycles. The highest BCUT2D eigenvalue weighted by molar-refractivity contribution is 5.93. The van der Waals surface area contributed by atoms with Crippen LogP contribution in [0.25, 0.3) is 22.2 Å². The molecular weight excluding hydrogens is 378 g/mol. The van der Waals surface area contributed by atoms with Gasteiger partial charge in [0.05, 0.1) is 29.6 Å². The van der Waals surface area contributed by atoms with Crippen molar-refractivity contribution in [1.29, 1.82) is 0 Å². The first-order valence-corrected chi connectivity index (χ1v) is 9.86. The van der Waals surface area contributed by atoms with Crippen LogP contribution in [0.4, 0.5) is 4.79 Å². The van der Waals surface area contributed by atoms with Gasteiger partial charge in [-0.1, -0.05) is 30.4 Å². The molecule has 1 N–H and O–H groups in total. The van der Waals surface area contributed by atoms with Crippen LogP contribution in [-0.2, 0) is 4.74 Å². The van der Waals surface area contributed by atoms with Crippen LogP contribution in [0, 0.1) is 0 Å². The molecular formula is C23H25N5O2. The number of alkyl carbamates (subject to hydrolysis) is 1. The number of carbonyl (C=O) groups is 1. The first-order valence-electron chi connectivity index (χ1n) is 9.86. The van der Waals surface area contributed by atoms with Crippen LogP contribution >= 0.6 is 0 Å². The van der Waals surface area contributed by atoms with Gasteiger partial charge in [-0.25, -0.2) is 19.4 Å². The molecule has 2 heterocycles. The number of hydrogen-bond donors (Lipinski definition) is 1. The number of carbonyl (C=O) groups excluding carboxylic acids is 1. The van der Waals surface area contributed by atoms with E-state index >= 15 is 0 Å². The monoisotopic (exact) mass is 403 g/mol. The second-order valence-electron chi connectivity index (χ2n) is 8.66. The van der Waals surface area contributed by atoms with Crippen LogP contribution in [0.3, 0.4) is 0 Å². The Morgan fingerprint density at radius 1 is 1.20 bits per heavy atom. The molecule has 7 heteroatoms. The summed E-state index contributed by atoms with van der Waals surface area (Å²) < 4.78 is 7.27. The Bertz CT molecular complexity index is 1140. The minimum absolute atomic E-state index is 0.425. The highest BCUT2D eigenvalue weighted by Gasteiger charge is 2.30. The molecule has 3 aromatic rings. The Morgan fingerprint density at radius 3 is 2.70 bits per heavy atom. The molecule has 0 fully saturated rings. The minimum Gasteiger partial charge on any atom is -0.444 e. The molecule has 2 aromatic heterocycles. The lowest BCUT2D eigenvalue weighted by Gasteiger charge is -2.32. The second kappa shape index (κ2) is 7.40. The molecule has 154 valence electrons. The fourth-order valence-corrected chi connectivity index (χ4v) is 3.64. The van der Waals surface area contributed by atoms with Crippen molar-refractivity contribution in [3.05, 3.63) is 66.9 Å². The molecule has 1 aliphatic carbocycles. The molecule has 1 aliphatic rings. The van der Waals surface area contributed by atoms with Crippen molar-refractivity contribution in [1.82, 2.24) is 25.1 Å². The number of benzene rings is 1. The third kappa shape index (κ3) is 4.10. The normalized spacial score (nSPS) is 18.9. The summed E-state index contributed by atoms with van der Waals surface area (Å²) in [5, 5.41) is 8.58. The van der Waals surface area contributed by atoms with Crippen molar-refractivity contribution < 1.29 is 9.53 Å². The average molecular weight is 403 g/mol. The number of ether oxygens (including phenoxy) is 1. The van der Waals surface area contributed by atoms with Gasteiger partial charge in [-0.15, -0.1) is 0 Å². The SMILES string of the molecule is CC(C)(C)OC(=O)N[C@]1(C)C=CC=C(c2cccc3c2cnn3-c2cncnc2)C1. The summed E-state index contributed by atoms with van der Waals surface area (Å²) in [4.78, 5) is 20.5. The Hall–Kier alpha value is -3.48. The van der Waals surface area contributed by atoms with Crippen LogP contribution in [0.2, 0.25) is 0 Å². The van der Waals surface area contributed by atoms with Crippen LogP contribution < -0.4 is 5.32 Å². The summed E-state index contributed by atoms with van der Waals surface area (Å²) in [7, 11) is 0. The van der Waals surface area contributed by atoms with Crippen molar-refractivity contribution in [3.63, 3.8) is 0 Å². The average Bonchev–Trinajstić information content (AvgIpc) is 3.11. The van der Waals surface area contributed by atoms with Crippen molar-refractivity contribution in [2.75, 3.05) is 0 Å². The topological polar surface area (TPSA) is 81.9 Å². The van der Waals surface area contributed by atoms with Crippen molar-refractivity contribution in [3.8, 4) is 5.69 Å². The molecule has 0 saturated carbocycles. The highest BCUT2D eigenvalue weighted by Crippen LogP contribution is 2.34. The summed E-state index contributed by atoms with van der Waals surface area (Å²) in [6, 6.07) is 6.11. The summed E-state index contributed by atoms with van der Waals surface area (Å²) >= 11 is 0. The maximum absolute atomic E-state index is 12.3. The van der Waals surface area contributed by atoms with Gasteiger partial charge in [0, 0.05) is 5.39 Å². The fraction of sp³-hybridized carbons (Fsp3) is 0.304. The maximum atomic E-state index is 12.3. The van der Waals surface area contributed by atoms with Gasteiger partial charge in [0.15, 0.2) is 0 Å². The van der Waals surface area contributed by atoms with E-state index in [0.29, 0.717) is 6.42 Å².